The van der Waals surface area contributed by atoms with Crippen LogP contribution in [0.15, 0.2) is 59.7 Å². The van der Waals surface area contributed by atoms with Gasteiger partial charge in [-0.3, -0.25) is 19.1 Å². The first-order valence-corrected chi connectivity index (χ1v) is 11.2. The van der Waals surface area contributed by atoms with Gasteiger partial charge in [0.2, 0.25) is 5.75 Å². The zero-order chi connectivity index (χ0) is 24.1. The van der Waals surface area contributed by atoms with E-state index in [1.54, 1.807) is 12.1 Å². The molecule has 2 N–H and O–H groups in total. The van der Waals surface area contributed by atoms with Crippen molar-refractivity contribution in [1.82, 2.24) is 24.7 Å². The molecule has 1 aromatic heterocycles. The van der Waals surface area contributed by atoms with Crippen LogP contribution in [0.1, 0.15) is 27.2 Å². The fourth-order valence-electron chi connectivity index (χ4n) is 3.91. The lowest BCUT2D eigenvalue weighted by Crippen LogP contribution is -2.43. The Bertz CT molecular complexity index is 1200. The Morgan fingerprint density at radius 3 is 2.41 bits per heavy atom. The molecule has 0 unspecified atom stereocenters. The first-order valence-electron chi connectivity index (χ1n) is 11.2. The number of hydrogen-bond acceptors (Lipinski definition) is 6. The maximum absolute atomic E-state index is 13.0. The number of aromatic nitrogens is 2. The van der Waals surface area contributed by atoms with E-state index in [-0.39, 0.29) is 24.6 Å². The summed E-state index contributed by atoms with van der Waals surface area (Å²) in [5, 5.41) is 12.9. The van der Waals surface area contributed by atoms with E-state index in [0.29, 0.717) is 5.56 Å². The minimum absolute atomic E-state index is 0.114. The zero-order valence-electron chi connectivity index (χ0n) is 19.1. The molecule has 0 radical (unpaired) electrons. The average molecular weight is 466 g/mol. The maximum Gasteiger partial charge on any atom is 0.296 e. The van der Waals surface area contributed by atoms with Crippen molar-refractivity contribution in [3.8, 4) is 5.75 Å². The highest BCUT2D eigenvalue weighted by Gasteiger charge is 2.18. The molecule has 1 aliphatic rings. The Hall–Kier alpha value is -3.56. The second-order valence-electron chi connectivity index (χ2n) is 8.58. The van der Waals surface area contributed by atoms with Gasteiger partial charge in [0.15, 0.2) is 5.69 Å². The van der Waals surface area contributed by atoms with Gasteiger partial charge in [0.25, 0.3) is 11.5 Å². The summed E-state index contributed by atoms with van der Waals surface area (Å²) < 4.78 is 14.3. The summed E-state index contributed by atoms with van der Waals surface area (Å²) in [5.74, 6) is -1.75. The molecule has 1 amide bonds. The highest BCUT2D eigenvalue weighted by molar-refractivity contribution is 5.94. The van der Waals surface area contributed by atoms with E-state index in [0.717, 1.165) is 43.9 Å². The normalized spacial score (nSPS) is 14.8. The lowest BCUT2D eigenvalue weighted by atomic mass is 10.1. The third-order valence-corrected chi connectivity index (χ3v) is 5.94. The highest BCUT2D eigenvalue weighted by Crippen LogP contribution is 2.13. The van der Waals surface area contributed by atoms with Gasteiger partial charge < -0.3 is 15.3 Å². The highest BCUT2D eigenvalue weighted by atomic mass is 19.1. The van der Waals surface area contributed by atoms with Crippen molar-refractivity contribution < 1.29 is 14.3 Å². The molecule has 9 heteroatoms. The number of nitrogens with zero attached hydrogens (tertiary/aromatic N) is 4. The fraction of sp³-hybridized carbons (Fsp3) is 0.320. The molecule has 0 spiro atoms. The standard InChI is InChI=1S/C25H28FN5O3/c1-29-9-11-30(12-10-29)15-19-3-2-4-20(13-19)16-31-17-28-22(23(32)25(31)34)24(33)27-14-18-5-7-21(26)8-6-18/h2-8,13,17,32H,9-12,14-16H2,1H3,(H,27,33). The number of hydrogen-bond donors (Lipinski definition) is 2. The average Bonchev–Trinajstić information content (AvgIpc) is 2.83. The Labute approximate surface area is 197 Å². The van der Waals surface area contributed by atoms with Crippen LogP contribution in [0.5, 0.6) is 5.75 Å². The number of benzene rings is 2. The van der Waals surface area contributed by atoms with Gasteiger partial charge in [-0.2, -0.15) is 0 Å². The summed E-state index contributed by atoms with van der Waals surface area (Å²) in [5.41, 5.74) is 1.71. The van der Waals surface area contributed by atoms with Gasteiger partial charge in [-0.15, -0.1) is 0 Å². The van der Waals surface area contributed by atoms with Gasteiger partial charge in [-0.1, -0.05) is 36.4 Å². The van der Waals surface area contributed by atoms with Crippen LogP contribution in [0.3, 0.4) is 0 Å². The number of likely N-dealkylation sites (N-methyl/N-ethyl adjacent to an activating group) is 1. The minimum atomic E-state index is -0.701. The molecule has 0 aliphatic carbocycles. The maximum atomic E-state index is 13.0. The van der Waals surface area contributed by atoms with E-state index in [2.05, 4.69) is 33.2 Å². The lowest BCUT2D eigenvalue weighted by molar-refractivity contribution is 0.0942. The van der Waals surface area contributed by atoms with Crippen molar-refractivity contribution in [1.29, 1.82) is 0 Å². The van der Waals surface area contributed by atoms with Crippen molar-refractivity contribution in [2.45, 2.75) is 19.6 Å². The van der Waals surface area contributed by atoms with Crippen LogP contribution in [-0.2, 0) is 19.6 Å². The molecule has 4 rings (SSSR count). The molecule has 1 fully saturated rings. The first kappa shape index (κ1) is 23.6. The second-order valence-corrected chi connectivity index (χ2v) is 8.58. The van der Waals surface area contributed by atoms with E-state index in [1.165, 1.54) is 23.0 Å². The Morgan fingerprint density at radius 1 is 1.03 bits per heavy atom. The number of aromatic hydroxyl groups is 1. The molecule has 0 saturated carbocycles. The largest absolute Gasteiger partial charge is 0.501 e. The number of halogens is 1. The molecule has 178 valence electrons. The van der Waals surface area contributed by atoms with Gasteiger partial charge in [0.05, 0.1) is 12.9 Å². The summed E-state index contributed by atoms with van der Waals surface area (Å²) in [7, 11) is 2.12. The zero-order valence-corrected chi connectivity index (χ0v) is 19.1. The molecule has 3 aromatic rings. The third-order valence-electron chi connectivity index (χ3n) is 5.94. The number of piperazine rings is 1. The summed E-state index contributed by atoms with van der Waals surface area (Å²) in [4.78, 5) is 33.8. The topological polar surface area (TPSA) is 90.7 Å². The molecular formula is C25H28FN5O3. The van der Waals surface area contributed by atoms with Crippen LogP contribution in [0.2, 0.25) is 0 Å². The monoisotopic (exact) mass is 465 g/mol. The molecule has 8 nitrogen and oxygen atoms in total. The number of carbonyl (C=O) groups is 1. The van der Waals surface area contributed by atoms with Crippen molar-refractivity contribution in [3.63, 3.8) is 0 Å². The molecule has 2 heterocycles. The molecule has 1 saturated heterocycles. The summed E-state index contributed by atoms with van der Waals surface area (Å²) in [6, 6.07) is 13.6. The fourth-order valence-corrected chi connectivity index (χ4v) is 3.91. The van der Waals surface area contributed by atoms with Gasteiger partial charge >= 0.3 is 0 Å². The van der Waals surface area contributed by atoms with E-state index in [1.807, 2.05) is 18.2 Å². The molecular weight excluding hydrogens is 437 g/mol. The predicted molar refractivity (Wildman–Crippen MR) is 126 cm³/mol. The van der Waals surface area contributed by atoms with Crippen LogP contribution in [0.25, 0.3) is 0 Å². The van der Waals surface area contributed by atoms with E-state index in [9.17, 15) is 19.1 Å². The van der Waals surface area contributed by atoms with Crippen LogP contribution >= 0.6 is 0 Å². The van der Waals surface area contributed by atoms with Crippen molar-refractivity contribution in [3.05, 3.63) is 93.4 Å². The minimum Gasteiger partial charge on any atom is -0.501 e. The number of nitrogens with one attached hydrogen (secondary N) is 1. The number of carbonyl (C=O) groups excluding carboxylic acids is 1. The number of amides is 1. The Balaban J connectivity index is 1.41. The predicted octanol–water partition coefficient (Wildman–Crippen LogP) is 1.81. The van der Waals surface area contributed by atoms with Crippen LogP contribution in [-0.4, -0.2) is 63.6 Å². The summed E-state index contributed by atoms with van der Waals surface area (Å²) in [6.07, 6.45) is 1.27. The van der Waals surface area contributed by atoms with E-state index < -0.39 is 17.2 Å². The van der Waals surface area contributed by atoms with Gasteiger partial charge in [-0.25, -0.2) is 9.37 Å². The van der Waals surface area contributed by atoms with Crippen molar-refractivity contribution in [2.75, 3.05) is 33.2 Å². The molecule has 0 bridgehead atoms. The smallest absolute Gasteiger partial charge is 0.296 e. The van der Waals surface area contributed by atoms with Crippen LogP contribution < -0.4 is 10.9 Å². The second kappa shape index (κ2) is 10.6. The van der Waals surface area contributed by atoms with Gasteiger partial charge in [0.1, 0.15) is 5.82 Å². The quantitative estimate of drug-likeness (QED) is 0.553. The Kier molecular flexibility index (Phi) is 7.34. The molecule has 2 aromatic carbocycles. The SMILES string of the molecule is CN1CCN(Cc2cccc(Cn3cnc(C(=O)NCc4ccc(F)cc4)c(O)c3=O)c2)CC1. The summed E-state index contributed by atoms with van der Waals surface area (Å²) in [6.45, 7) is 5.31. The molecule has 34 heavy (non-hydrogen) atoms. The van der Waals surface area contributed by atoms with Crippen LogP contribution in [0.4, 0.5) is 4.39 Å². The lowest BCUT2D eigenvalue weighted by Gasteiger charge is -2.32. The van der Waals surface area contributed by atoms with Crippen molar-refractivity contribution >= 4 is 5.91 Å². The van der Waals surface area contributed by atoms with E-state index in [4.69, 9.17) is 0 Å². The van der Waals surface area contributed by atoms with Gasteiger partial charge in [-0.05, 0) is 35.9 Å². The van der Waals surface area contributed by atoms with Gasteiger partial charge in [0, 0.05) is 39.3 Å². The number of rotatable bonds is 7. The van der Waals surface area contributed by atoms with Crippen LogP contribution in [0, 0.1) is 5.82 Å². The van der Waals surface area contributed by atoms with E-state index >= 15 is 0 Å². The Morgan fingerprint density at radius 2 is 1.71 bits per heavy atom. The summed E-state index contributed by atoms with van der Waals surface area (Å²) >= 11 is 0. The molecule has 1 aliphatic heterocycles. The first-order chi connectivity index (χ1) is 16.4. The van der Waals surface area contributed by atoms with Crippen molar-refractivity contribution in [2.24, 2.45) is 0 Å². The molecule has 0 atom stereocenters. The third kappa shape index (κ3) is 5.86.